The maximum atomic E-state index is 12.2. The number of pyridine rings is 1. The van der Waals surface area contributed by atoms with Gasteiger partial charge in [0.05, 0.1) is 19.4 Å². The van der Waals surface area contributed by atoms with Crippen LogP contribution in [0.1, 0.15) is 30.7 Å². The molecule has 0 bridgehead atoms. The molecule has 0 radical (unpaired) electrons. The Hall–Kier alpha value is -3.19. The monoisotopic (exact) mass is 406 g/mol. The lowest BCUT2D eigenvalue weighted by molar-refractivity contribution is 0.307. The molecule has 30 heavy (non-hydrogen) atoms. The van der Waals surface area contributed by atoms with Crippen LogP contribution in [0, 0.1) is 0 Å². The third kappa shape index (κ3) is 4.52. The molecular formula is C23H26N4O3. The summed E-state index contributed by atoms with van der Waals surface area (Å²) >= 11 is 0. The molecule has 0 aliphatic carbocycles. The number of benzene rings is 1. The van der Waals surface area contributed by atoms with E-state index in [0.29, 0.717) is 12.3 Å². The summed E-state index contributed by atoms with van der Waals surface area (Å²) < 4.78 is 11.1. The normalized spacial score (nSPS) is 16.5. The minimum Gasteiger partial charge on any atom is -0.493 e. The maximum Gasteiger partial charge on any atom is 0.251 e. The molecule has 3 heterocycles. The minimum atomic E-state index is -0.131. The predicted molar refractivity (Wildman–Crippen MR) is 115 cm³/mol. The molecule has 7 nitrogen and oxygen atoms in total. The van der Waals surface area contributed by atoms with Gasteiger partial charge < -0.3 is 14.5 Å². The van der Waals surface area contributed by atoms with Gasteiger partial charge in [0.25, 0.3) is 5.56 Å². The van der Waals surface area contributed by atoms with Gasteiger partial charge in [0.2, 0.25) is 0 Å². The summed E-state index contributed by atoms with van der Waals surface area (Å²) in [5.74, 6) is 2.45. The molecule has 1 aliphatic rings. The van der Waals surface area contributed by atoms with Gasteiger partial charge in [-0.05, 0) is 49.7 Å². The topological polar surface area (TPSA) is 80.3 Å². The second-order valence-electron chi connectivity index (χ2n) is 7.40. The van der Waals surface area contributed by atoms with Crippen molar-refractivity contribution in [3.05, 3.63) is 70.5 Å². The average molecular weight is 406 g/mol. The number of H-pyrrole nitrogens is 1. The number of nitrogens with one attached hydrogen (secondary N) is 1. The minimum absolute atomic E-state index is 0.131. The zero-order valence-electron chi connectivity index (χ0n) is 17.3. The van der Waals surface area contributed by atoms with Crippen molar-refractivity contribution in [1.82, 2.24) is 19.9 Å². The molecule has 1 unspecified atom stereocenters. The predicted octanol–water partition coefficient (Wildman–Crippen LogP) is 3.23. The zero-order valence-corrected chi connectivity index (χ0v) is 17.3. The van der Waals surface area contributed by atoms with Crippen molar-refractivity contribution in [2.45, 2.75) is 25.8 Å². The molecule has 1 fully saturated rings. The number of aromatic amines is 1. The number of hydrogen-bond donors (Lipinski definition) is 1. The molecule has 4 rings (SSSR count). The molecule has 3 aromatic rings. The summed E-state index contributed by atoms with van der Waals surface area (Å²) in [6.45, 7) is 5.16. The quantitative estimate of drug-likeness (QED) is 0.649. The summed E-state index contributed by atoms with van der Waals surface area (Å²) in [6.07, 6.45) is 4.39. The van der Waals surface area contributed by atoms with Crippen LogP contribution in [0.4, 0.5) is 0 Å². The average Bonchev–Trinajstić information content (AvgIpc) is 3.24. The van der Waals surface area contributed by atoms with Gasteiger partial charge >= 0.3 is 0 Å². The van der Waals surface area contributed by atoms with E-state index in [1.165, 1.54) is 11.6 Å². The van der Waals surface area contributed by atoms with E-state index < -0.39 is 0 Å². The Bertz CT molecular complexity index is 1050. The highest BCUT2D eigenvalue weighted by molar-refractivity contribution is 5.57. The van der Waals surface area contributed by atoms with E-state index in [4.69, 9.17) is 14.5 Å². The number of methoxy groups -OCH3 is 1. The van der Waals surface area contributed by atoms with Gasteiger partial charge in [-0.3, -0.25) is 14.7 Å². The Labute approximate surface area is 175 Å². The molecule has 0 spiro atoms. The highest BCUT2D eigenvalue weighted by Gasteiger charge is 2.26. The van der Waals surface area contributed by atoms with Crippen LogP contribution in [0.2, 0.25) is 0 Å². The molecule has 7 heteroatoms. The van der Waals surface area contributed by atoms with Gasteiger partial charge in [-0.15, -0.1) is 0 Å². The van der Waals surface area contributed by atoms with E-state index in [1.807, 2.05) is 31.2 Å². The molecule has 2 aromatic heterocycles. The van der Waals surface area contributed by atoms with Crippen molar-refractivity contribution >= 4 is 0 Å². The van der Waals surface area contributed by atoms with Gasteiger partial charge in [0.15, 0.2) is 11.5 Å². The first kappa shape index (κ1) is 20.1. The largest absolute Gasteiger partial charge is 0.493 e. The molecule has 0 amide bonds. The Kier molecular flexibility index (Phi) is 6.09. The second-order valence-corrected chi connectivity index (χ2v) is 7.40. The summed E-state index contributed by atoms with van der Waals surface area (Å²) in [5, 5.41) is 0. The smallest absolute Gasteiger partial charge is 0.251 e. The SMILES string of the molecule is CCOc1ccc(CN2CCC(c3nc(-c4cccnc4)cc(=O)[nH]3)C2)cc1OC. The fourth-order valence-corrected chi connectivity index (χ4v) is 3.87. The van der Waals surface area contributed by atoms with E-state index in [2.05, 4.69) is 20.9 Å². The van der Waals surface area contributed by atoms with Crippen molar-refractivity contribution < 1.29 is 9.47 Å². The third-order valence-corrected chi connectivity index (χ3v) is 5.31. The van der Waals surface area contributed by atoms with Crippen LogP contribution >= 0.6 is 0 Å². The number of rotatable bonds is 7. The van der Waals surface area contributed by atoms with E-state index in [0.717, 1.165) is 48.9 Å². The first-order valence-electron chi connectivity index (χ1n) is 10.2. The fraction of sp³-hybridized carbons (Fsp3) is 0.348. The highest BCUT2D eigenvalue weighted by Crippen LogP contribution is 2.31. The van der Waals surface area contributed by atoms with Crippen molar-refractivity contribution in [3.8, 4) is 22.8 Å². The first-order chi connectivity index (χ1) is 14.7. The lowest BCUT2D eigenvalue weighted by Gasteiger charge is -2.17. The molecule has 1 aliphatic heterocycles. The van der Waals surface area contributed by atoms with Gasteiger partial charge in [0, 0.05) is 43.0 Å². The standard InChI is InChI=1S/C23H26N4O3/c1-3-30-20-7-6-16(11-21(20)29-2)14-27-10-8-18(15-27)23-25-19(12-22(28)26-23)17-5-4-9-24-13-17/h4-7,9,11-13,18H,3,8,10,14-15H2,1-2H3,(H,25,26,28). The van der Waals surface area contributed by atoms with Crippen LogP contribution < -0.4 is 15.0 Å². The lowest BCUT2D eigenvalue weighted by atomic mass is 10.1. The van der Waals surface area contributed by atoms with Crippen LogP contribution in [0.25, 0.3) is 11.3 Å². The molecule has 1 saturated heterocycles. The number of ether oxygens (including phenoxy) is 2. The Morgan fingerprint density at radius 3 is 2.90 bits per heavy atom. The van der Waals surface area contributed by atoms with E-state index in [1.54, 1.807) is 19.5 Å². The fourth-order valence-electron chi connectivity index (χ4n) is 3.87. The second kappa shape index (κ2) is 9.09. The summed E-state index contributed by atoms with van der Waals surface area (Å²) in [7, 11) is 1.66. The lowest BCUT2D eigenvalue weighted by Crippen LogP contribution is -2.21. The highest BCUT2D eigenvalue weighted by atomic mass is 16.5. The number of hydrogen-bond acceptors (Lipinski definition) is 6. The van der Waals surface area contributed by atoms with Crippen LogP contribution in [0.5, 0.6) is 11.5 Å². The van der Waals surface area contributed by atoms with Crippen molar-refractivity contribution in [1.29, 1.82) is 0 Å². The van der Waals surface area contributed by atoms with Gasteiger partial charge in [-0.25, -0.2) is 4.98 Å². The van der Waals surface area contributed by atoms with Crippen molar-refractivity contribution in [2.75, 3.05) is 26.8 Å². The molecule has 156 valence electrons. The molecule has 1 atom stereocenters. The molecule has 1 N–H and O–H groups in total. The Morgan fingerprint density at radius 2 is 2.13 bits per heavy atom. The Balaban J connectivity index is 1.47. The third-order valence-electron chi connectivity index (χ3n) is 5.31. The van der Waals surface area contributed by atoms with Crippen LogP contribution in [-0.2, 0) is 6.54 Å². The van der Waals surface area contributed by atoms with E-state index in [9.17, 15) is 4.79 Å². The Morgan fingerprint density at radius 1 is 1.23 bits per heavy atom. The number of likely N-dealkylation sites (tertiary alicyclic amines) is 1. The van der Waals surface area contributed by atoms with Crippen LogP contribution in [-0.4, -0.2) is 46.7 Å². The number of nitrogens with zero attached hydrogens (tertiary/aromatic N) is 3. The molecule has 1 aromatic carbocycles. The van der Waals surface area contributed by atoms with E-state index in [-0.39, 0.29) is 11.5 Å². The maximum absolute atomic E-state index is 12.2. The molecular weight excluding hydrogens is 380 g/mol. The van der Waals surface area contributed by atoms with E-state index >= 15 is 0 Å². The van der Waals surface area contributed by atoms with Gasteiger partial charge in [-0.1, -0.05) is 6.07 Å². The zero-order chi connectivity index (χ0) is 20.9. The van der Waals surface area contributed by atoms with Crippen molar-refractivity contribution in [3.63, 3.8) is 0 Å². The van der Waals surface area contributed by atoms with Crippen molar-refractivity contribution in [2.24, 2.45) is 0 Å². The molecule has 0 saturated carbocycles. The first-order valence-corrected chi connectivity index (χ1v) is 10.2. The van der Waals surface area contributed by atoms with Gasteiger partial charge in [0.1, 0.15) is 5.82 Å². The van der Waals surface area contributed by atoms with Crippen LogP contribution in [0.15, 0.2) is 53.6 Å². The number of aromatic nitrogens is 3. The summed E-state index contributed by atoms with van der Waals surface area (Å²) in [5.41, 5.74) is 2.55. The van der Waals surface area contributed by atoms with Gasteiger partial charge in [-0.2, -0.15) is 0 Å². The summed E-state index contributed by atoms with van der Waals surface area (Å²) in [4.78, 5) is 26.4. The van der Waals surface area contributed by atoms with Crippen LogP contribution in [0.3, 0.4) is 0 Å². The summed E-state index contributed by atoms with van der Waals surface area (Å²) in [6, 6.07) is 11.4.